The lowest BCUT2D eigenvalue weighted by atomic mass is 9.96. The van der Waals surface area contributed by atoms with Crippen molar-refractivity contribution in [1.82, 2.24) is 4.90 Å². The second-order valence-corrected chi connectivity index (χ2v) is 9.66. The topological polar surface area (TPSA) is 125 Å². The van der Waals surface area contributed by atoms with Crippen molar-refractivity contribution < 1.29 is 46.6 Å². The van der Waals surface area contributed by atoms with E-state index in [2.05, 4.69) is 10.1 Å². The average molecular weight is 516 g/mol. The largest absolute Gasteiger partial charge is 0.573 e. The Morgan fingerprint density at radius 1 is 1.00 bits per heavy atom. The molecule has 2 aromatic carbocycles. The molecule has 190 valence electrons. The highest BCUT2D eigenvalue weighted by Crippen LogP contribution is 2.39. The van der Waals surface area contributed by atoms with Crippen LogP contribution < -0.4 is 10.1 Å². The van der Waals surface area contributed by atoms with Crippen molar-refractivity contribution in [3.05, 3.63) is 59.7 Å². The molecule has 3 rings (SSSR count). The summed E-state index contributed by atoms with van der Waals surface area (Å²) in [7, 11) is -4.17. The molecular weight excluding hydrogens is 492 g/mol. The van der Waals surface area contributed by atoms with Gasteiger partial charge in [-0.05, 0) is 48.2 Å². The number of nitrogens with one attached hydrogen (secondary N) is 1. The molecule has 0 radical (unpaired) electrons. The lowest BCUT2D eigenvalue weighted by Crippen LogP contribution is -2.41. The first kappa shape index (κ1) is 26.5. The third-order valence-electron chi connectivity index (χ3n) is 5.25. The lowest BCUT2D eigenvalue weighted by molar-refractivity contribution is -0.274. The van der Waals surface area contributed by atoms with Gasteiger partial charge in [0.15, 0.2) is 0 Å². The highest BCUT2D eigenvalue weighted by atomic mass is 31.2. The highest BCUT2D eigenvalue weighted by molar-refractivity contribution is 7.50. The molecule has 1 aliphatic rings. The molecule has 9 nitrogen and oxygen atoms in total. The van der Waals surface area contributed by atoms with Gasteiger partial charge >= 0.3 is 20.1 Å². The number of amides is 2. The Morgan fingerprint density at radius 2 is 1.57 bits per heavy atom. The molecule has 0 aromatic heterocycles. The zero-order valence-electron chi connectivity index (χ0n) is 18.4. The Bertz CT molecular complexity index is 1060. The molecule has 0 atom stereocenters. The van der Waals surface area contributed by atoms with Gasteiger partial charge in [0.25, 0.3) is 0 Å². The number of rotatable bonds is 7. The van der Waals surface area contributed by atoms with Crippen LogP contribution in [0.25, 0.3) is 0 Å². The van der Waals surface area contributed by atoms with Crippen molar-refractivity contribution in [3.8, 4) is 5.75 Å². The molecule has 0 spiro atoms. The molecule has 1 fully saturated rings. The zero-order valence-corrected chi connectivity index (χ0v) is 19.3. The number of hydrogen-bond donors (Lipinski definition) is 3. The molecular formula is C22H24F3N2O7P. The van der Waals surface area contributed by atoms with Gasteiger partial charge in [-0.1, -0.05) is 24.3 Å². The van der Waals surface area contributed by atoms with Gasteiger partial charge in [0.2, 0.25) is 5.91 Å². The molecule has 2 aromatic rings. The number of benzene rings is 2. The molecule has 2 amide bonds. The van der Waals surface area contributed by atoms with Gasteiger partial charge in [-0.15, -0.1) is 13.2 Å². The number of ether oxygens (including phenoxy) is 2. The standard InChI is InChI=1S/C22H24F3N2O7P/c23-22(24,25)34-19-7-3-15(4-8-19)13-33-21(29)27-11-9-17(10-12-27)20(28)26-18-5-1-16(2-6-18)14-35(30,31)32/h1-8,17H,9-14H2,(H,26,28)(H2,30,31,32). The summed E-state index contributed by atoms with van der Waals surface area (Å²) in [6, 6.07) is 11.2. The monoisotopic (exact) mass is 516 g/mol. The summed E-state index contributed by atoms with van der Waals surface area (Å²) in [4.78, 5) is 44.3. The Balaban J connectivity index is 1.41. The summed E-state index contributed by atoms with van der Waals surface area (Å²) in [5.41, 5.74) is 1.45. The quantitative estimate of drug-likeness (QED) is 0.470. The van der Waals surface area contributed by atoms with E-state index >= 15 is 0 Å². The van der Waals surface area contributed by atoms with Crippen molar-refractivity contribution in [2.75, 3.05) is 18.4 Å². The van der Waals surface area contributed by atoms with E-state index < -0.39 is 20.1 Å². The normalized spacial score (nSPS) is 14.9. The number of piperidine rings is 1. The highest BCUT2D eigenvalue weighted by Gasteiger charge is 2.31. The van der Waals surface area contributed by atoms with Gasteiger partial charge in [-0.3, -0.25) is 9.36 Å². The molecule has 1 saturated heterocycles. The molecule has 13 heteroatoms. The van der Waals surface area contributed by atoms with E-state index in [1.54, 1.807) is 12.1 Å². The lowest BCUT2D eigenvalue weighted by Gasteiger charge is -2.30. The predicted octanol–water partition coefficient (Wildman–Crippen LogP) is 4.25. The maximum Gasteiger partial charge on any atom is 0.573 e. The van der Waals surface area contributed by atoms with Crippen molar-refractivity contribution in [3.63, 3.8) is 0 Å². The summed E-state index contributed by atoms with van der Waals surface area (Å²) in [5, 5.41) is 2.76. The van der Waals surface area contributed by atoms with Gasteiger partial charge in [-0.2, -0.15) is 0 Å². The van der Waals surface area contributed by atoms with Crippen molar-refractivity contribution >= 4 is 25.3 Å². The molecule has 1 heterocycles. The summed E-state index contributed by atoms with van der Waals surface area (Å²) in [6.07, 6.45) is -4.91. The van der Waals surface area contributed by atoms with Crippen LogP contribution in [-0.2, 0) is 26.9 Å². The van der Waals surface area contributed by atoms with E-state index in [9.17, 15) is 27.3 Å². The molecule has 1 aliphatic heterocycles. The van der Waals surface area contributed by atoms with Crippen LogP contribution in [0.15, 0.2) is 48.5 Å². The maximum absolute atomic E-state index is 12.5. The van der Waals surface area contributed by atoms with E-state index in [0.29, 0.717) is 42.7 Å². The van der Waals surface area contributed by atoms with Crippen LogP contribution >= 0.6 is 7.60 Å². The van der Waals surface area contributed by atoms with E-state index in [1.807, 2.05) is 0 Å². The molecule has 0 saturated carbocycles. The fourth-order valence-electron chi connectivity index (χ4n) is 3.52. The molecule has 35 heavy (non-hydrogen) atoms. The third kappa shape index (κ3) is 8.89. The Hall–Kier alpha value is -3.08. The van der Waals surface area contributed by atoms with Crippen LogP contribution in [-0.4, -0.2) is 46.1 Å². The van der Waals surface area contributed by atoms with E-state index in [-0.39, 0.29) is 30.3 Å². The number of likely N-dealkylation sites (tertiary alicyclic amines) is 1. The fraction of sp³-hybridized carbons (Fsp3) is 0.364. The minimum atomic E-state index is -4.78. The number of nitrogens with zero attached hydrogens (tertiary/aromatic N) is 1. The Labute approximate surface area is 199 Å². The second-order valence-electron chi connectivity index (χ2n) is 8.02. The minimum Gasteiger partial charge on any atom is -0.445 e. The Kier molecular flexibility index (Phi) is 8.42. The summed E-state index contributed by atoms with van der Waals surface area (Å²) < 4.78 is 56.7. The van der Waals surface area contributed by atoms with Gasteiger partial charge in [0.1, 0.15) is 12.4 Å². The minimum absolute atomic E-state index is 0.121. The van der Waals surface area contributed by atoms with E-state index in [0.717, 1.165) is 12.1 Å². The first-order valence-electron chi connectivity index (χ1n) is 10.6. The summed E-state index contributed by atoms with van der Waals surface area (Å²) in [5.74, 6) is -0.915. The Morgan fingerprint density at radius 3 is 2.11 bits per heavy atom. The van der Waals surface area contributed by atoms with Gasteiger partial charge in [0.05, 0.1) is 6.16 Å². The number of anilines is 1. The molecule has 3 N–H and O–H groups in total. The molecule has 0 aliphatic carbocycles. The van der Waals surface area contributed by atoms with Crippen molar-refractivity contribution in [1.29, 1.82) is 0 Å². The second kappa shape index (κ2) is 11.1. The van der Waals surface area contributed by atoms with Crippen LogP contribution in [0.4, 0.5) is 23.7 Å². The molecule has 0 unspecified atom stereocenters. The van der Waals surface area contributed by atoms with Gasteiger partial charge in [-0.25, -0.2) is 4.79 Å². The van der Waals surface area contributed by atoms with Crippen LogP contribution in [0.3, 0.4) is 0 Å². The van der Waals surface area contributed by atoms with Crippen LogP contribution in [0.1, 0.15) is 24.0 Å². The van der Waals surface area contributed by atoms with E-state index in [1.165, 1.54) is 29.2 Å². The van der Waals surface area contributed by atoms with Crippen LogP contribution in [0.2, 0.25) is 0 Å². The van der Waals surface area contributed by atoms with Gasteiger partial charge in [0, 0.05) is 24.7 Å². The van der Waals surface area contributed by atoms with Crippen molar-refractivity contribution in [2.45, 2.75) is 32.0 Å². The zero-order chi connectivity index (χ0) is 25.6. The van der Waals surface area contributed by atoms with Crippen molar-refractivity contribution in [2.24, 2.45) is 5.92 Å². The molecule has 0 bridgehead atoms. The third-order valence-corrected chi connectivity index (χ3v) is 6.03. The van der Waals surface area contributed by atoms with Gasteiger partial charge < -0.3 is 29.5 Å². The number of alkyl halides is 3. The first-order valence-corrected chi connectivity index (χ1v) is 12.4. The average Bonchev–Trinajstić information content (AvgIpc) is 2.78. The maximum atomic E-state index is 12.5. The number of hydrogen-bond acceptors (Lipinski definition) is 5. The number of carbonyl (C=O) groups excluding carboxylic acids is 2. The number of halogens is 3. The summed E-state index contributed by atoms with van der Waals surface area (Å²) >= 11 is 0. The predicted molar refractivity (Wildman–Crippen MR) is 118 cm³/mol. The number of carbonyl (C=O) groups is 2. The smallest absolute Gasteiger partial charge is 0.445 e. The van der Waals surface area contributed by atoms with E-state index in [4.69, 9.17) is 14.5 Å². The van der Waals surface area contributed by atoms with Crippen LogP contribution in [0.5, 0.6) is 5.75 Å². The van der Waals surface area contributed by atoms with Crippen LogP contribution in [0, 0.1) is 5.92 Å². The summed E-state index contributed by atoms with van der Waals surface area (Å²) in [6.45, 7) is 0.483. The fourth-order valence-corrected chi connectivity index (χ4v) is 4.21. The SMILES string of the molecule is O=C(Nc1ccc(CP(=O)(O)O)cc1)C1CCN(C(=O)OCc2ccc(OC(F)(F)F)cc2)CC1. The first-order chi connectivity index (χ1) is 16.4.